The van der Waals surface area contributed by atoms with Gasteiger partial charge < -0.3 is 10.4 Å². The van der Waals surface area contributed by atoms with Crippen molar-refractivity contribution >= 4 is 23.3 Å². The van der Waals surface area contributed by atoms with Gasteiger partial charge in [0.2, 0.25) is 0 Å². The van der Waals surface area contributed by atoms with Gasteiger partial charge in [-0.2, -0.15) is 0 Å². The van der Waals surface area contributed by atoms with E-state index in [2.05, 4.69) is 10.3 Å². The van der Waals surface area contributed by atoms with Gasteiger partial charge in [-0.25, -0.2) is 4.98 Å². The zero-order valence-corrected chi connectivity index (χ0v) is 7.75. The Morgan fingerprint density at radius 2 is 2.46 bits per heavy atom. The van der Waals surface area contributed by atoms with Crippen LogP contribution in [-0.2, 0) is 4.79 Å². The largest absolute Gasteiger partial charge is 0.384 e. The van der Waals surface area contributed by atoms with Crippen molar-refractivity contribution < 1.29 is 9.90 Å². The molecule has 1 atom stereocenters. The normalized spacial score (nSPS) is 12.2. The average Bonchev–Trinajstić information content (AvgIpc) is 2.04. The Hall–Kier alpha value is -1.13. The third kappa shape index (κ3) is 3.01. The molecule has 0 bridgehead atoms. The molecule has 0 aliphatic rings. The van der Waals surface area contributed by atoms with Gasteiger partial charge in [0.1, 0.15) is 11.9 Å². The van der Waals surface area contributed by atoms with Crippen LogP contribution in [0.1, 0.15) is 6.92 Å². The highest BCUT2D eigenvalue weighted by atomic mass is 35.5. The maximum atomic E-state index is 11.0. The van der Waals surface area contributed by atoms with Crippen LogP contribution in [0.5, 0.6) is 0 Å². The summed E-state index contributed by atoms with van der Waals surface area (Å²) in [6.45, 7) is 1.37. The molecule has 0 radical (unpaired) electrons. The number of amides is 1. The van der Waals surface area contributed by atoms with E-state index in [0.29, 0.717) is 10.8 Å². The van der Waals surface area contributed by atoms with Crippen LogP contribution in [0.3, 0.4) is 0 Å². The van der Waals surface area contributed by atoms with Crippen LogP contribution < -0.4 is 5.32 Å². The summed E-state index contributed by atoms with van der Waals surface area (Å²) in [6.07, 6.45) is 0.417. The standard InChI is InChI=1S/C8H9ClN2O2/c1-5(12)8(13)11-7-4-6(9)2-3-10-7/h2-5,12H,1H3,(H,10,11,13). The number of halogens is 1. The first-order valence-corrected chi connectivity index (χ1v) is 4.08. The molecule has 0 spiro atoms. The van der Waals surface area contributed by atoms with Crippen LogP contribution in [0.4, 0.5) is 5.82 Å². The van der Waals surface area contributed by atoms with E-state index in [1.807, 2.05) is 0 Å². The van der Waals surface area contributed by atoms with Crippen molar-refractivity contribution in [2.24, 2.45) is 0 Å². The fourth-order valence-electron chi connectivity index (χ4n) is 0.704. The summed E-state index contributed by atoms with van der Waals surface area (Å²) >= 11 is 5.65. The molecule has 0 fully saturated rings. The molecule has 1 rings (SSSR count). The molecule has 0 saturated carbocycles. The summed E-state index contributed by atoms with van der Waals surface area (Å²) < 4.78 is 0. The summed E-state index contributed by atoms with van der Waals surface area (Å²) in [5.41, 5.74) is 0. The number of rotatable bonds is 2. The Morgan fingerprint density at radius 3 is 3.00 bits per heavy atom. The van der Waals surface area contributed by atoms with Gasteiger partial charge in [-0.3, -0.25) is 4.79 Å². The minimum atomic E-state index is -1.05. The predicted molar refractivity (Wildman–Crippen MR) is 49.6 cm³/mol. The highest BCUT2D eigenvalue weighted by Crippen LogP contribution is 2.11. The number of pyridine rings is 1. The molecule has 1 heterocycles. The van der Waals surface area contributed by atoms with Crippen molar-refractivity contribution in [2.75, 3.05) is 5.32 Å². The number of aliphatic hydroxyl groups is 1. The number of nitrogens with zero attached hydrogens (tertiary/aromatic N) is 1. The minimum Gasteiger partial charge on any atom is -0.384 e. The molecule has 2 N–H and O–H groups in total. The summed E-state index contributed by atoms with van der Waals surface area (Å²) in [4.78, 5) is 14.8. The van der Waals surface area contributed by atoms with E-state index >= 15 is 0 Å². The Kier molecular flexibility index (Phi) is 3.22. The molecule has 5 heteroatoms. The molecular weight excluding hydrogens is 192 g/mol. The van der Waals surface area contributed by atoms with E-state index < -0.39 is 12.0 Å². The summed E-state index contributed by atoms with van der Waals surface area (Å²) in [6, 6.07) is 3.10. The molecule has 1 aromatic rings. The van der Waals surface area contributed by atoms with E-state index in [0.717, 1.165) is 0 Å². The van der Waals surface area contributed by atoms with E-state index in [1.165, 1.54) is 19.2 Å². The second kappa shape index (κ2) is 4.20. The molecule has 0 aliphatic carbocycles. The van der Waals surface area contributed by atoms with Crippen molar-refractivity contribution in [1.29, 1.82) is 0 Å². The molecular formula is C8H9ClN2O2. The van der Waals surface area contributed by atoms with Gasteiger partial charge in [0.25, 0.3) is 5.91 Å². The highest BCUT2D eigenvalue weighted by Gasteiger charge is 2.08. The Bertz CT molecular complexity index is 315. The first-order chi connectivity index (χ1) is 6.09. The lowest BCUT2D eigenvalue weighted by Crippen LogP contribution is -2.24. The number of anilines is 1. The Labute approximate surface area is 80.6 Å². The number of hydrogen-bond acceptors (Lipinski definition) is 3. The van der Waals surface area contributed by atoms with Crippen molar-refractivity contribution in [2.45, 2.75) is 13.0 Å². The van der Waals surface area contributed by atoms with Crippen LogP contribution in [-0.4, -0.2) is 22.1 Å². The van der Waals surface area contributed by atoms with Crippen LogP contribution in [0.25, 0.3) is 0 Å². The van der Waals surface area contributed by atoms with Crippen molar-refractivity contribution in [3.63, 3.8) is 0 Å². The quantitative estimate of drug-likeness (QED) is 0.750. The second-order valence-corrected chi connectivity index (χ2v) is 2.96. The number of carbonyl (C=O) groups excluding carboxylic acids is 1. The Morgan fingerprint density at radius 1 is 1.77 bits per heavy atom. The summed E-state index contributed by atoms with van der Waals surface area (Å²) in [5.74, 6) is -0.173. The lowest BCUT2D eigenvalue weighted by atomic mass is 10.4. The van der Waals surface area contributed by atoms with Gasteiger partial charge in [0.15, 0.2) is 0 Å². The first-order valence-electron chi connectivity index (χ1n) is 3.70. The van der Waals surface area contributed by atoms with E-state index in [9.17, 15) is 4.79 Å². The smallest absolute Gasteiger partial charge is 0.254 e. The molecule has 1 amide bonds. The molecule has 0 aromatic carbocycles. The molecule has 13 heavy (non-hydrogen) atoms. The van der Waals surface area contributed by atoms with Gasteiger partial charge in [0.05, 0.1) is 0 Å². The van der Waals surface area contributed by atoms with Gasteiger partial charge in [-0.05, 0) is 19.1 Å². The topological polar surface area (TPSA) is 62.2 Å². The molecule has 70 valence electrons. The van der Waals surface area contributed by atoms with Crippen LogP contribution in [0.15, 0.2) is 18.3 Å². The summed E-state index contributed by atoms with van der Waals surface area (Å²) in [7, 11) is 0. The lowest BCUT2D eigenvalue weighted by molar-refractivity contribution is -0.123. The monoisotopic (exact) mass is 200 g/mol. The van der Waals surface area contributed by atoms with Gasteiger partial charge in [0, 0.05) is 11.2 Å². The van der Waals surface area contributed by atoms with Gasteiger partial charge in [-0.15, -0.1) is 0 Å². The second-order valence-electron chi connectivity index (χ2n) is 2.52. The average molecular weight is 201 g/mol. The molecule has 1 aromatic heterocycles. The molecule has 0 aliphatic heterocycles. The van der Waals surface area contributed by atoms with Crippen molar-refractivity contribution in [3.8, 4) is 0 Å². The predicted octanol–water partition coefficient (Wildman–Crippen LogP) is 1.05. The number of aliphatic hydroxyl groups excluding tert-OH is 1. The number of carbonyl (C=O) groups is 1. The van der Waals surface area contributed by atoms with Crippen molar-refractivity contribution in [1.82, 2.24) is 4.98 Å². The number of nitrogens with one attached hydrogen (secondary N) is 1. The van der Waals surface area contributed by atoms with E-state index in [1.54, 1.807) is 6.07 Å². The van der Waals surface area contributed by atoms with Crippen LogP contribution >= 0.6 is 11.6 Å². The molecule has 1 unspecified atom stereocenters. The zero-order chi connectivity index (χ0) is 9.84. The number of aromatic nitrogens is 1. The Balaban J connectivity index is 2.69. The number of hydrogen-bond donors (Lipinski definition) is 2. The fraction of sp³-hybridized carbons (Fsp3) is 0.250. The van der Waals surface area contributed by atoms with Crippen LogP contribution in [0, 0.1) is 0 Å². The van der Waals surface area contributed by atoms with Crippen LogP contribution in [0.2, 0.25) is 5.02 Å². The summed E-state index contributed by atoms with van der Waals surface area (Å²) in [5, 5.41) is 11.8. The van der Waals surface area contributed by atoms with E-state index in [-0.39, 0.29) is 0 Å². The maximum absolute atomic E-state index is 11.0. The van der Waals surface area contributed by atoms with Gasteiger partial charge in [-0.1, -0.05) is 11.6 Å². The van der Waals surface area contributed by atoms with Crippen molar-refractivity contribution in [3.05, 3.63) is 23.4 Å². The third-order valence-corrected chi connectivity index (χ3v) is 1.59. The van der Waals surface area contributed by atoms with Gasteiger partial charge >= 0.3 is 0 Å². The minimum absolute atomic E-state index is 0.332. The zero-order valence-electron chi connectivity index (χ0n) is 6.99. The lowest BCUT2D eigenvalue weighted by Gasteiger charge is -2.05. The first kappa shape index (κ1) is 9.95. The van der Waals surface area contributed by atoms with E-state index in [4.69, 9.17) is 16.7 Å². The third-order valence-electron chi connectivity index (χ3n) is 1.35. The fourth-order valence-corrected chi connectivity index (χ4v) is 0.863. The molecule has 0 saturated heterocycles. The highest BCUT2D eigenvalue weighted by molar-refractivity contribution is 6.30. The maximum Gasteiger partial charge on any atom is 0.254 e. The molecule has 4 nitrogen and oxygen atoms in total. The SMILES string of the molecule is CC(O)C(=O)Nc1cc(Cl)ccn1.